The second kappa shape index (κ2) is 7.53. The molecule has 0 aliphatic carbocycles. The Morgan fingerprint density at radius 1 is 1.26 bits per heavy atom. The summed E-state index contributed by atoms with van der Waals surface area (Å²) < 4.78 is 0. The van der Waals surface area contributed by atoms with Crippen molar-refractivity contribution < 1.29 is 19.8 Å². The smallest absolute Gasteiger partial charge is 0.326 e. The number of aliphatic hydroxyl groups is 1. The molecule has 0 fully saturated rings. The molecule has 0 aromatic heterocycles. The van der Waals surface area contributed by atoms with Gasteiger partial charge in [-0.3, -0.25) is 4.79 Å². The van der Waals surface area contributed by atoms with Gasteiger partial charge in [-0.2, -0.15) is 0 Å². The normalized spacial score (nSPS) is 13.6. The molecule has 0 spiro atoms. The standard InChI is InChI=1S/C14H19NO4/c1-2-3-9-11(14(18)19)15-13(17)12(16)10-7-5-4-6-8-10/h4-8,11-12,16H,2-3,9H2,1H3,(H,15,17)(H,18,19)/t11?,12-/m1/s1. The minimum atomic E-state index is -1.34. The molecule has 0 saturated carbocycles. The molecular weight excluding hydrogens is 246 g/mol. The van der Waals surface area contributed by atoms with E-state index in [1.165, 1.54) is 0 Å². The van der Waals surface area contributed by atoms with Gasteiger partial charge in [0.2, 0.25) is 0 Å². The monoisotopic (exact) mass is 265 g/mol. The Morgan fingerprint density at radius 2 is 1.89 bits per heavy atom. The zero-order valence-electron chi connectivity index (χ0n) is 10.9. The number of hydrogen-bond donors (Lipinski definition) is 3. The van der Waals surface area contributed by atoms with Crippen LogP contribution in [0.1, 0.15) is 37.9 Å². The number of amides is 1. The van der Waals surface area contributed by atoms with Gasteiger partial charge in [0.05, 0.1) is 0 Å². The van der Waals surface area contributed by atoms with Crippen LogP contribution < -0.4 is 5.32 Å². The first-order valence-electron chi connectivity index (χ1n) is 6.32. The summed E-state index contributed by atoms with van der Waals surface area (Å²) in [7, 11) is 0. The van der Waals surface area contributed by atoms with Crippen molar-refractivity contribution in [2.45, 2.75) is 38.3 Å². The van der Waals surface area contributed by atoms with E-state index in [0.717, 1.165) is 6.42 Å². The summed E-state index contributed by atoms with van der Waals surface area (Å²) in [6, 6.07) is 7.47. The third-order valence-electron chi connectivity index (χ3n) is 2.82. The highest BCUT2D eigenvalue weighted by atomic mass is 16.4. The van der Waals surface area contributed by atoms with Crippen LogP contribution in [0, 0.1) is 0 Å². The topological polar surface area (TPSA) is 86.6 Å². The van der Waals surface area contributed by atoms with E-state index in [2.05, 4.69) is 5.32 Å². The van der Waals surface area contributed by atoms with Gasteiger partial charge in [0, 0.05) is 0 Å². The molecule has 1 unspecified atom stereocenters. The highest BCUT2D eigenvalue weighted by Crippen LogP contribution is 2.13. The Kier molecular flexibility index (Phi) is 6.02. The van der Waals surface area contributed by atoms with Crippen molar-refractivity contribution in [3.05, 3.63) is 35.9 Å². The summed E-state index contributed by atoms with van der Waals surface area (Å²) in [5, 5.41) is 21.2. The quantitative estimate of drug-likeness (QED) is 0.697. The lowest BCUT2D eigenvalue weighted by atomic mass is 10.1. The molecule has 0 bridgehead atoms. The zero-order valence-corrected chi connectivity index (χ0v) is 10.9. The van der Waals surface area contributed by atoms with Crippen molar-refractivity contribution >= 4 is 11.9 Å². The second-order valence-corrected chi connectivity index (χ2v) is 4.35. The number of unbranched alkanes of at least 4 members (excludes halogenated alkanes) is 1. The van der Waals surface area contributed by atoms with Gasteiger partial charge in [-0.15, -0.1) is 0 Å². The van der Waals surface area contributed by atoms with E-state index in [9.17, 15) is 14.7 Å². The van der Waals surface area contributed by atoms with E-state index < -0.39 is 24.0 Å². The number of aliphatic carboxylic acids is 1. The number of rotatable bonds is 7. The fraction of sp³-hybridized carbons (Fsp3) is 0.429. The van der Waals surface area contributed by atoms with Crippen LogP contribution in [-0.4, -0.2) is 28.1 Å². The maximum Gasteiger partial charge on any atom is 0.326 e. The number of carboxylic acid groups (broad SMARTS) is 1. The Morgan fingerprint density at radius 3 is 2.42 bits per heavy atom. The molecule has 1 rings (SSSR count). The molecule has 3 N–H and O–H groups in total. The molecule has 5 nitrogen and oxygen atoms in total. The largest absolute Gasteiger partial charge is 0.480 e. The maximum absolute atomic E-state index is 11.8. The van der Waals surface area contributed by atoms with Crippen LogP contribution in [0.2, 0.25) is 0 Å². The van der Waals surface area contributed by atoms with Gasteiger partial charge in [-0.1, -0.05) is 50.1 Å². The van der Waals surface area contributed by atoms with Gasteiger partial charge in [0.25, 0.3) is 5.91 Å². The van der Waals surface area contributed by atoms with Crippen LogP contribution >= 0.6 is 0 Å². The molecule has 0 aliphatic heterocycles. The average molecular weight is 265 g/mol. The first kappa shape index (κ1) is 15.2. The highest BCUT2D eigenvalue weighted by molar-refractivity contribution is 5.86. The summed E-state index contributed by atoms with van der Waals surface area (Å²) in [6.45, 7) is 1.94. The van der Waals surface area contributed by atoms with Crippen LogP contribution in [0.4, 0.5) is 0 Å². The van der Waals surface area contributed by atoms with Crippen LogP contribution in [0.3, 0.4) is 0 Å². The lowest BCUT2D eigenvalue weighted by Crippen LogP contribution is -2.43. The highest BCUT2D eigenvalue weighted by Gasteiger charge is 2.24. The van der Waals surface area contributed by atoms with Crippen molar-refractivity contribution in [2.24, 2.45) is 0 Å². The molecule has 104 valence electrons. The zero-order chi connectivity index (χ0) is 14.3. The predicted octanol–water partition coefficient (Wildman–Crippen LogP) is 1.48. The molecule has 2 atom stereocenters. The van der Waals surface area contributed by atoms with Gasteiger partial charge in [0.1, 0.15) is 6.04 Å². The Labute approximate surface area is 112 Å². The van der Waals surface area contributed by atoms with E-state index in [0.29, 0.717) is 18.4 Å². The summed E-state index contributed by atoms with van der Waals surface area (Å²) in [4.78, 5) is 22.8. The van der Waals surface area contributed by atoms with E-state index in [1.807, 2.05) is 6.92 Å². The number of nitrogens with one attached hydrogen (secondary N) is 1. The van der Waals surface area contributed by atoms with Gasteiger partial charge >= 0.3 is 5.97 Å². The van der Waals surface area contributed by atoms with E-state index in [-0.39, 0.29) is 0 Å². The molecule has 5 heteroatoms. The molecule has 1 amide bonds. The Hall–Kier alpha value is -1.88. The third-order valence-corrected chi connectivity index (χ3v) is 2.82. The third kappa shape index (κ3) is 4.71. The molecule has 0 aliphatic rings. The molecule has 1 aromatic rings. The van der Waals surface area contributed by atoms with Gasteiger partial charge in [0.15, 0.2) is 6.10 Å². The predicted molar refractivity (Wildman–Crippen MR) is 70.5 cm³/mol. The van der Waals surface area contributed by atoms with E-state index >= 15 is 0 Å². The van der Waals surface area contributed by atoms with Gasteiger partial charge < -0.3 is 15.5 Å². The van der Waals surface area contributed by atoms with E-state index in [1.54, 1.807) is 30.3 Å². The lowest BCUT2D eigenvalue weighted by molar-refractivity contribution is -0.143. The number of aliphatic hydroxyl groups excluding tert-OH is 1. The molecule has 0 saturated heterocycles. The second-order valence-electron chi connectivity index (χ2n) is 4.35. The molecule has 1 aromatic carbocycles. The first-order valence-corrected chi connectivity index (χ1v) is 6.32. The van der Waals surface area contributed by atoms with E-state index in [4.69, 9.17) is 5.11 Å². The number of benzene rings is 1. The molecule has 0 radical (unpaired) electrons. The minimum Gasteiger partial charge on any atom is -0.480 e. The molecule has 0 heterocycles. The minimum absolute atomic E-state index is 0.360. The number of hydrogen-bond acceptors (Lipinski definition) is 3. The van der Waals surface area contributed by atoms with Crippen molar-refractivity contribution in [3.63, 3.8) is 0 Å². The average Bonchev–Trinajstić information content (AvgIpc) is 2.43. The van der Waals surface area contributed by atoms with Gasteiger partial charge in [-0.25, -0.2) is 4.79 Å². The van der Waals surface area contributed by atoms with Crippen molar-refractivity contribution in [1.29, 1.82) is 0 Å². The van der Waals surface area contributed by atoms with Crippen LogP contribution in [0.25, 0.3) is 0 Å². The Balaban J connectivity index is 2.64. The number of carboxylic acids is 1. The Bertz CT molecular complexity index is 419. The summed E-state index contributed by atoms with van der Waals surface area (Å²) in [6.07, 6.45) is 0.572. The summed E-state index contributed by atoms with van der Waals surface area (Å²) in [5.74, 6) is -1.77. The number of carbonyl (C=O) groups is 2. The first-order chi connectivity index (χ1) is 9.06. The van der Waals surface area contributed by atoms with Crippen LogP contribution in [-0.2, 0) is 9.59 Å². The van der Waals surface area contributed by atoms with Crippen LogP contribution in [0.15, 0.2) is 30.3 Å². The van der Waals surface area contributed by atoms with Crippen molar-refractivity contribution in [2.75, 3.05) is 0 Å². The molecular formula is C14H19NO4. The van der Waals surface area contributed by atoms with Crippen molar-refractivity contribution in [3.8, 4) is 0 Å². The summed E-state index contributed by atoms with van der Waals surface area (Å²) >= 11 is 0. The molecule has 19 heavy (non-hydrogen) atoms. The lowest BCUT2D eigenvalue weighted by Gasteiger charge is -2.17. The summed E-state index contributed by atoms with van der Waals surface area (Å²) in [5.41, 5.74) is 0.444. The van der Waals surface area contributed by atoms with Crippen LogP contribution in [0.5, 0.6) is 0 Å². The van der Waals surface area contributed by atoms with Gasteiger partial charge in [-0.05, 0) is 12.0 Å². The maximum atomic E-state index is 11.8. The SMILES string of the molecule is CCCCC(NC(=O)[C@H](O)c1ccccc1)C(=O)O. The number of carbonyl (C=O) groups excluding carboxylic acids is 1. The van der Waals surface area contributed by atoms with Crippen molar-refractivity contribution in [1.82, 2.24) is 5.32 Å². The fourth-order valence-corrected chi connectivity index (χ4v) is 1.70. The fourth-order valence-electron chi connectivity index (χ4n) is 1.70.